The molecule has 2 aromatic heterocycles. The molecule has 6 aromatic rings. The van der Waals surface area contributed by atoms with Crippen molar-refractivity contribution >= 4 is 21.8 Å². The number of rotatable bonds is 3. The maximum absolute atomic E-state index is 13.3. The number of methoxy groups -OCH3 is 1. The Morgan fingerprint density at radius 3 is 1.56 bits per heavy atom. The molecule has 4 aromatic carbocycles. The zero-order valence-electron chi connectivity index (χ0n) is 33.8. The monoisotopic (exact) mass is 826 g/mol. The normalized spacial score (nSPS) is 16.6. The summed E-state index contributed by atoms with van der Waals surface area (Å²) in [4.78, 5) is 35.2. The smallest absolute Gasteiger partial charge is 0.261 e. The van der Waals surface area contributed by atoms with Crippen LogP contribution in [0.1, 0.15) is 79.9 Å². The molecule has 61 heavy (non-hydrogen) atoms. The van der Waals surface area contributed by atoms with E-state index >= 15 is 0 Å². The van der Waals surface area contributed by atoms with Gasteiger partial charge in [-0.05, 0) is 123 Å². The molecule has 0 saturated carbocycles. The van der Waals surface area contributed by atoms with Gasteiger partial charge in [-0.25, -0.2) is 18.7 Å². The van der Waals surface area contributed by atoms with Gasteiger partial charge in [0.25, 0.3) is 11.1 Å². The number of nitrogens with zero attached hydrogens (tertiary/aromatic N) is 4. The Labute approximate surface area is 355 Å². The molecule has 9 rings (SSSR count). The lowest BCUT2D eigenvalue weighted by Gasteiger charge is -2.11. The molecule has 0 amide bonds. The summed E-state index contributed by atoms with van der Waals surface area (Å²) < 4.78 is 40.3. The first kappa shape index (κ1) is 44.6. The predicted octanol–water partition coefficient (Wildman–Crippen LogP) is 7.85. The summed E-state index contributed by atoms with van der Waals surface area (Å²) in [5.41, 5.74) is 3.93. The zero-order valence-corrected chi connectivity index (χ0v) is 33.8. The summed E-state index contributed by atoms with van der Waals surface area (Å²) in [6, 6.07) is 23.1. The van der Waals surface area contributed by atoms with Crippen LogP contribution in [-0.2, 0) is 35.4 Å². The predicted molar refractivity (Wildman–Crippen MR) is 235 cm³/mol. The lowest BCUT2D eigenvalue weighted by molar-refractivity contribution is 0.143. The van der Waals surface area contributed by atoms with E-state index in [1.807, 2.05) is 12.1 Å². The molecule has 2 atom stereocenters. The topological polar surface area (TPSA) is 108 Å². The van der Waals surface area contributed by atoms with Crippen LogP contribution in [0.15, 0.2) is 94.5 Å². The number of fused-ring (bicyclic) bond motifs is 4. The van der Waals surface area contributed by atoms with E-state index in [1.54, 1.807) is 64.8 Å². The van der Waals surface area contributed by atoms with Crippen molar-refractivity contribution in [2.24, 2.45) is 11.8 Å². The van der Waals surface area contributed by atoms with E-state index in [4.69, 9.17) is 14.5 Å². The molecular weight excluding hydrogens is 775 g/mol. The summed E-state index contributed by atoms with van der Waals surface area (Å²) in [5.74, 6) is 13.6. The van der Waals surface area contributed by atoms with E-state index in [0.717, 1.165) is 68.1 Å². The molecular formula is C50H52F2N4O5. The van der Waals surface area contributed by atoms with Crippen LogP contribution in [0.4, 0.5) is 8.78 Å². The van der Waals surface area contributed by atoms with Gasteiger partial charge in [-0.15, -0.1) is 0 Å². The standard InChI is InChI=1S/C23H21FN2O2.C22H19FN2O2.C4H8O.CH4/c1-28-15-18-8-10-22-25-21-14-17(6-5-16-3-2-4-19(24)13-16)7-9-20(21)23(27)26(22)12-11-18;23-18-3-1-2-15(12-18)4-5-16-6-8-19-20(13-16)24-21-9-7-17(14-26)10-11-25(21)22(19)27;1-2-4-5-3-1;/h2-4,7,9,13-14,18H,8,10-12,15H2,1H3;1-3,6,8,12-13,17,26H,7,9-11,14H2;1-4H2;1H4. The van der Waals surface area contributed by atoms with Gasteiger partial charge >= 0.3 is 0 Å². The third-order valence-electron chi connectivity index (χ3n) is 11.0. The fourth-order valence-electron chi connectivity index (χ4n) is 7.63. The summed E-state index contributed by atoms with van der Waals surface area (Å²) in [5, 5.41) is 10.6. The van der Waals surface area contributed by atoms with E-state index in [-0.39, 0.29) is 42.7 Å². The SMILES string of the molecule is C.C1CCOC1.COCC1CCc2nc3cc(C#Cc4cccc(F)c4)ccc3c(=O)n2CC1.O=c1c2ccc(C#Cc3cccc(F)c3)cc2nc2n1CCC(CO)CC2. The van der Waals surface area contributed by atoms with E-state index in [2.05, 4.69) is 28.7 Å². The Morgan fingerprint density at radius 1 is 0.672 bits per heavy atom. The highest BCUT2D eigenvalue weighted by Gasteiger charge is 2.20. The highest BCUT2D eigenvalue weighted by atomic mass is 19.1. The molecule has 316 valence electrons. The van der Waals surface area contributed by atoms with E-state index in [1.165, 1.54) is 37.1 Å². The second kappa shape index (κ2) is 21.5. The largest absolute Gasteiger partial charge is 0.396 e. The number of benzene rings is 4. The number of aliphatic hydroxyl groups excluding tert-OH is 1. The Bertz CT molecular complexity index is 2710. The van der Waals surface area contributed by atoms with Gasteiger partial charge in [0.15, 0.2) is 0 Å². The van der Waals surface area contributed by atoms with Gasteiger partial charge in [0.2, 0.25) is 0 Å². The van der Waals surface area contributed by atoms with Crippen LogP contribution in [0.3, 0.4) is 0 Å². The van der Waals surface area contributed by atoms with Crippen molar-refractivity contribution in [3.63, 3.8) is 0 Å². The molecule has 0 bridgehead atoms. The molecule has 3 aliphatic rings. The number of ether oxygens (including phenoxy) is 2. The number of halogens is 2. The van der Waals surface area contributed by atoms with Crippen molar-refractivity contribution in [3.8, 4) is 23.7 Å². The first-order valence-electron chi connectivity index (χ1n) is 20.6. The fraction of sp³-hybridized carbons (Fsp3) is 0.360. The summed E-state index contributed by atoms with van der Waals surface area (Å²) >= 11 is 0. The number of hydrogen-bond donors (Lipinski definition) is 1. The molecule has 1 fully saturated rings. The fourth-order valence-corrected chi connectivity index (χ4v) is 7.63. The molecule has 9 nitrogen and oxygen atoms in total. The van der Waals surface area contributed by atoms with Gasteiger partial charge in [-0.1, -0.05) is 43.2 Å². The number of aliphatic hydroxyl groups is 1. The van der Waals surface area contributed by atoms with Crippen molar-refractivity contribution in [2.75, 3.05) is 33.5 Å². The van der Waals surface area contributed by atoms with E-state index in [9.17, 15) is 23.5 Å². The van der Waals surface area contributed by atoms with Crippen LogP contribution in [0.2, 0.25) is 0 Å². The Balaban J connectivity index is 0.000000180. The number of aromatic nitrogens is 4. The lowest BCUT2D eigenvalue weighted by Crippen LogP contribution is -2.24. The summed E-state index contributed by atoms with van der Waals surface area (Å²) in [6.07, 6.45) is 7.49. The summed E-state index contributed by atoms with van der Waals surface area (Å²) in [6.45, 7) is 4.11. The highest BCUT2D eigenvalue weighted by molar-refractivity contribution is 5.80. The number of aryl methyl sites for hydroxylation is 2. The van der Waals surface area contributed by atoms with Crippen molar-refractivity contribution in [1.29, 1.82) is 0 Å². The van der Waals surface area contributed by atoms with Crippen molar-refractivity contribution in [1.82, 2.24) is 19.1 Å². The molecule has 1 saturated heterocycles. The van der Waals surface area contributed by atoms with Crippen LogP contribution in [-0.4, -0.2) is 57.7 Å². The molecule has 0 aliphatic carbocycles. The van der Waals surface area contributed by atoms with E-state index < -0.39 is 0 Å². The average molecular weight is 827 g/mol. The van der Waals surface area contributed by atoms with Crippen LogP contribution in [0, 0.1) is 47.2 Å². The van der Waals surface area contributed by atoms with Crippen LogP contribution >= 0.6 is 0 Å². The first-order chi connectivity index (χ1) is 29.3. The molecule has 0 spiro atoms. The zero-order chi connectivity index (χ0) is 41.8. The Kier molecular flexibility index (Phi) is 15.7. The van der Waals surface area contributed by atoms with Crippen LogP contribution in [0.5, 0.6) is 0 Å². The van der Waals surface area contributed by atoms with Gasteiger partial charge in [-0.3, -0.25) is 18.7 Å². The second-order valence-electron chi connectivity index (χ2n) is 15.3. The van der Waals surface area contributed by atoms with Crippen molar-refractivity contribution in [3.05, 3.63) is 151 Å². The maximum atomic E-state index is 13.3. The molecule has 2 unspecified atom stereocenters. The van der Waals surface area contributed by atoms with Gasteiger partial charge in [0.05, 0.1) is 21.8 Å². The third kappa shape index (κ3) is 11.6. The average Bonchev–Trinajstić information content (AvgIpc) is 3.70. The minimum atomic E-state index is -0.320. The molecule has 3 aliphatic heterocycles. The van der Waals surface area contributed by atoms with Gasteiger partial charge in [0.1, 0.15) is 23.3 Å². The summed E-state index contributed by atoms with van der Waals surface area (Å²) in [7, 11) is 1.71. The second-order valence-corrected chi connectivity index (χ2v) is 15.3. The molecule has 1 N–H and O–H groups in total. The van der Waals surface area contributed by atoms with Crippen molar-refractivity contribution in [2.45, 2.75) is 71.9 Å². The van der Waals surface area contributed by atoms with Gasteiger partial charge in [-0.2, -0.15) is 0 Å². The quantitative estimate of drug-likeness (QED) is 0.181. The Morgan fingerprint density at radius 2 is 1.13 bits per heavy atom. The maximum Gasteiger partial charge on any atom is 0.261 e. The van der Waals surface area contributed by atoms with Crippen LogP contribution < -0.4 is 11.1 Å². The van der Waals surface area contributed by atoms with E-state index in [0.29, 0.717) is 65.0 Å². The van der Waals surface area contributed by atoms with Gasteiger partial charge < -0.3 is 14.6 Å². The van der Waals surface area contributed by atoms with Crippen molar-refractivity contribution < 1.29 is 23.4 Å². The lowest BCUT2D eigenvalue weighted by atomic mass is 10.0. The first-order valence-corrected chi connectivity index (χ1v) is 20.6. The molecule has 11 heteroatoms. The Hall–Kier alpha value is -5.98. The minimum Gasteiger partial charge on any atom is -0.396 e. The van der Waals surface area contributed by atoms with Gasteiger partial charge in [0, 0.05) is 81.7 Å². The number of hydrogen-bond acceptors (Lipinski definition) is 7. The van der Waals surface area contributed by atoms with Crippen LogP contribution in [0.25, 0.3) is 21.8 Å². The highest BCUT2D eigenvalue weighted by Crippen LogP contribution is 2.22. The third-order valence-corrected chi connectivity index (χ3v) is 11.0. The minimum absolute atomic E-state index is 0. The molecule has 0 radical (unpaired) electrons. The molecule has 5 heterocycles.